The molecule has 0 bridgehead atoms. The first kappa shape index (κ1) is 18.5. The van der Waals surface area contributed by atoms with E-state index in [4.69, 9.17) is 11.6 Å². The standard InChI is InChI=1S/C20H19ClN2O2S/c1-4-26-18-17(13-8-10-14(21)11-9-13)19(24)23(20(18)25)16-7-5-6-15(12-16)22(2)3/h5-12H,4H2,1-3H3. The van der Waals surface area contributed by atoms with Gasteiger partial charge >= 0.3 is 0 Å². The minimum atomic E-state index is -0.302. The van der Waals surface area contributed by atoms with E-state index in [1.807, 2.05) is 44.1 Å². The zero-order valence-corrected chi connectivity index (χ0v) is 16.4. The van der Waals surface area contributed by atoms with Crippen molar-refractivity contribution in [1.82, 2.24) is 0 Å². The highest BCUT2D eigenvalue weighted by Gasteiger charge is 2.40. The van der Waals surface area contributed by atoms with Crippen molar-refractivity contribution in [3.63, 3.8) is 0 Å². The fourth-order valence-corrected chi connectivity index (χ4v) is 3.78. The first-order valence-corrected chi connectivity index (χ1v) is 9.59. The van der Waals surface area contributed by atoms with Crippen LogP contribution in [0.2, 0.25) is 5.02 Å². The van der Waals surface area contributed by atoms with Crippen molar-refractivity contribution in [2.45, 2.75) is 6.92 Å². The predicted octanol–water partition coefficient (Wildman–Crippen LogP) is 4.44. The Morgan fingerprint density at radius 3 is 2.35 bits per heavy atom. The number of rotatable bonds is 5. The van der Waals surface area contributed by atoms with Crippen LogP contribution in [-0.2, 0) is 9.59 Å². The number of hydrogen-bond donors (Lipinski definition) is 0. The molecule has 0 radical (unpaired) electrons. The lowest BCUT2D eigenvalue weighted by molar-refractivity contribution is -0.119. The van der Waals surface area contributed by atoms with Crippen LogP contribution >= 0.6 is 23.4 Å². The fraction of sp³-hybridized carbons (Fsp3) is 0.200. The van der Waals surface area contributed by atoms with Crippen molar-refractivity contribution < 1.29 is 9.59 Å². The van der Waals surface area contributed by atoms with Gasteiger partial charge in [-0.2, -0.15) is 0 Å². The first-order chi connectivity index (χ1) is 12.4. The molecule has 0 saturated carbocycles. The number of hydrogen-bond acceptors (Lipinski definition) is 4. The molecule has 2 aromatic rings. The second-order valence-corrected chi connectivity index (χ2v) is 7.71. The van der Waals surface area contributed by atoms with Crippen molar-refractivity contribution >= 4 is 52.1 Å². The molecule has 26 heavy (non-hydrogen) atoms. The molecule has 3 rings (SSSR count). The average Bonchev–Trinajstić information content (AvgIpc) is 2.86. The molecule has 0 aromatic heterocycles. The lowest BCUT2D eigenvalue weighted by Crippen LogP contribution is -2.31. The Morgan fingerprint density at radius 2 is 1.73 bits per heavy atom. The van der Waals surface area contributed by atoms with E-state index in [1.54, 1.807) is 30.3 Å². The van der Waals surface area contributed by atoms with Crippen molar-refractivity contribution in [2.24, 2.45) is 0 Å². The summed E-state index contributed by atoms with van der Waals surface area (Å²) in [4.78, 5) is 29.9. The van der Waals surface area contributed by atoms with Crippen LogP contribution in [-0.4, -0.2) is 31.7 Å². The number of carbonyl (C=O) groups is 2. The molecule has 134 valence electrons. The molecule has 0 fully saturated rings. The van der Waals surface area contributed by atoms with Gasteiger partial charge in [-0.05, 0) is 41.6 Å². The highest BCUT2D eigenvalue weighted by atomic mass is 35.5. The summed E-state index contributed by atoms with van der Waals surface area (Å²) in [6.45, 7) is 1.96. The van der Waals surface area contributed by atoms with E-state index >= 15 is 0 Å². The number of amides is 2. The van der Waals surface area contributed by atoms with Crippen molar-refractivity contribution in [3.05, 3.63) is 64.0 Å². The van der Waals surface area contributed by atoms with Crippen molar-refractivity contribution in [3.8, 4) is 0 Å². The maximum Gasteiger partial charge on any atom is 0.272 e. The van der Waals surface area contributed by atoms with Gasteiger partial charge in [0.2, 0.25) is 0 Å². The summed E-state index contributed by atoms with van der Waals surface area (Å²) in [5.41, 5.74) is 2.64. The van der Waals surface area contributed by atoms with Crippen molar-refractivity contribution in [1.29, 1.82) is 0 Å². The predicted molar refractivity (Wildman–Crippen MR) is 110 cm³/mol. The zero-order chi connectivity index (χ0) is 18.8. The second-order valence-electron chi connectivity index (χ2n) is 6.00. The van der Waals surface area contributed by atoms with E-state index in [0.717, 1.165) is 5.69 Å². The molecular formula is C20H19ClN2O2S. The van der Waals surface area contributed by atoms with E-state index < -0.39 is 0 Å². The van der Waals surface area contributed by atoms with Crippen LogP contribution in [0.5, 0.6) is 0 Å². The number of carbonyl (C=O) groups excluding carboxylic acids is 2. The number of nitrogens with zero attached hydrogens (tertiary/aromatic N) is 2. The van der Waals surface area contributed by atoms with Crippen LogP contribution < -0.4 is 9.80 Å². The van der Waals surface area contributed by atoms with E-state index in [1.165, 1.54) is 16.7 Å². The Kier molecular flexibility index (Phi) is 5.39. The topological polar surface area (TPSA) is 40.6 Å². The van der Waals surface area contributed by atoms with Gasteiger partial charge in [0.1, 0.15) is 0 Å². The number of halogens is 1. The lowest BCUT2D eigenvalue weighted by atomic mass is 10.1. The molecule has 0 aliphatic carbocycles. The Balaban J connectivity index is 2.07. The molecule has 0 spiro atoms. The molecule has 0 N–H and O–H groups in total. The first-order valence-electron chi connectivity index (χ1n) is 8.23. The van der Waals surface area contributed by atoms with E-state index in [2.05, 4.69) is 0 Å². The van der Waals surface area contributed by atoms with Crippen LogP contribution in [0.1, 0.15) is 12.5 Å². The summed E-state index contributed by atoms with van der Waals surface area (Å²) in [6, 6.07) is 14.4. The lowest BCUT2D eigenvalue weighted by Gasteiger charge is -2.19. The quantitative estimate of drug-likeness (QED) is 0.712. The summed E-state index contributed by atoms with van der Waals surface area (Å²) < 4.78 is 0. The zero-order valence-electron chi connectivity index (χ0n) is 14.8. The minimum absolute atomic E-state index is 0.275. The number of benzene rings is 2. The summed E-state index contributed by atoms with van der Waals surface area (Å²) in [7, 11) is 3.84. The normalized spacial score (nSPS) is 14.4. The van der Waals surface area contributed by atoms with Gasteiger partial charge in [0.15, 0.2) is 0 Å². The molecule has 6 heteroatoms. The molecule has 1 aliphatic rings. The van der Waals surface area contributed by atoms with Crippen LogP contribution in [0.3, 0.4) is 0 Å². The molecule has 0 atom stereocenters. The van der Waals surface area contributed by atoms with Gasteiger partial charge in [-0.15, -0.1) is 11.8 Å². The fourth-order valence-electron chi connectivity index (χ4n) is 2.80. The van der Waals surface area contributed by atoms with Gasteiger partial charge in [0.25, 0.3) is 11.8 Å². The van der Waals surface area contributed by atoms with Gasteiger partial charge in [-0.3, -0.25) is 9.59 Å². The third-order valence-electron chi connectivity index (χ3n) is 4.07. The van der Waals surface area contributed by atoms with E-state index in [-0.39, 0.29) is 11.8 Å². The van der Waals surface area contributed by atoms with Crippen LogP contribution in [0, 0.1) is 0 Å². The Hall–Kier alpha value is -2.24. The Bertz CT molecular complexity index is 891. The molecule has 2 aromatic carbocycles. The molecule has 0 saturated heterocycles. The Morgan fingerprint density at radius 1 is 1.04 bits per heavy atom. The monoisotopic (exact) mass is 386 g/mol. The minimum Gasteiger partial charge on any atom is -0.378 e. The van der Waals surface area contributed by atoms with Crippen LogP contribution in [0.4, 0.5) is 11.4 Å². The molecule has 1 heterocycles. The van der Waals surface area contributed by atoms with Gasteiger partial charge in [0.05, 0.1) is 16.2 Å². The van der Waals surface area contributed by atoms with Crippen LogP contribution in [0.25, 0.3) is 5.57 Å². The molecular weight excluding hydrogens is 368 g/mol. The highest BCUT2D eigenvalue weighted by Crippen LogP contribution is 2.39. The van der Waals surface area contributed by atoms with Gasteiger partial charge in [0, 0.05) is 24.8 Å². The third-order valence-corrected chi connectivity index (χ3v) is 5.28. The SMILES string of the molecule is CCSC1=C(c2ccc(Cl)cc2)C(=O)N(c2cccc(N(C)C)c2)C1=O. The summed E-state index contributed by atoms with van der Waals surface area (Å²) in [6.07, 6.45) is 0. The maximum atomic E-state index is 13.2. The van der Waals surface area contributed by atoms with E-state index in [9.17, 15) is 9.59 Å². The summed E-state index contributed by atoms with van der Waals surface area (Å²) in [5, 5.41) is 0.589. The molecule has 4 nitrogen and oxygen atoms in total. The summed E-state index contributed by atoms with van der Waals surface area (Å²) in [5.74, 6) is 0.128. The number of anilines is 2. The molecule has 1 aliphatic heterocycles. The molecule has 0 unspecified atom stereocenters. The largest absolute Gasteiger partial charge is 0.378 e. The summed E-state index contributed by atoms with van der Waals surface area (Å²) >= 11 is 7.36. The van der Waals surface area contributed by atoms with Gasteiger partial charge < -0.3 is 4.90 Å². The smallest absolute Gasteiger partial charge is 0.272 e. The van der Waals surface area contributed by atoms with Crippen molar-refractivity contribution in [2.75, 3.05) is 29.6 Å². The number of imide groups is 1. The average molecular weight is 387 g/mol. The van der Waals surface area contributed by atoms with Gasteiger partial charge in [-0.1, -0.05) is 36.7 Å². The Labute approximate surface area is 162 Å². The van der Waals surface area contributed by atoms with Gasteiger partial charge in [-0.25, -0.2) is 4.90 Å². The highest BCUT2D eigenvalue weighted by molar-refractivity contribution is 8.04. The second kappa shape index (κ2) is 7.56. The van der Waals surface area contributed by atoms with E-state index in [0.29, 0.717) is 32.5 Å². The maximum absolute atomic E-state index is 13.2. The third kappa shape index (κ3) is 3.37. The van der Waals surface area contributed by atoms with Crippen LogP contribution in [0.15, 0.2) is 53.4 Å². The number of thioether (sulfide) groups is 1. The molecule has 2 amide bonds.